The quantitative estimate of drug-likeness (QED) is 0.545. The summed E-state index contributed by atoms with van der Waals surface area (Å²) in [6.45, 7) is 9.39. The van der Waals surface area contributed by atoms with Crippen LogP contribution in [0.15, 0.2) is 0 Å². The summed E-state index contributed by atoms with van der Waals surface area (Å²) in [4.78, 5) is 0. The van der Waals surface area contributed by atoms with Crippen molar-refractivity contribution in [2.24, 2.45) is 17.3 Å². The van der Waals surface area contributed by atoms with Crippen LogP contribution in [0.2, 0.25) is 0 Å². The van der Waals surface area contributed by atoms with Crippen LogP contribution in [0, 0.1) is 29.1 Å². The Morgan fingerprint density at radius 1 is 1.21 bits per heavy atom. The topological polar surface area (TPSA) is 0 Å². The molecule has 1 rings (SSSR count). The zero-order chi connectivity index (χ0) is 10.6. The molecule has 0 amide bonds. The molecule has 0 nitrogen and oxygen atoms in total. The molecule has 0 fully saturated rings. The van der Waals surface area contributed by atoms with Gasteiger partial charge in [-0.25, -0.2) is 0 Å². The lowest BCUT2D eigenvalue weighted by Crippen LogP contribution is -2.14. The summed E-state index contributed by atoms with van der Waals surface area (Å²) < 4.78 is 0. The van der Waals surface area contributed by atoms with Crippen LogP contribution in [0.25, 0.3) is 0 Å². The molecule has 0 aliphatic heterocycles. The molecule has 1 unspecified atom stereocenters. The third-order valence-electron chi connectivity index (χ3n) is 3.38. The zero-order valence-corrected chi connectivity index (χ0v) is 10.2. The van der Waals surface area contributed by atoms with Gasteiger partial charge in [0.1, 0.15) is 0 Å². The Bertz CT molecular complexity index is 224. The van der Waals surface area contributed by atoms with E-state index in [4.69, 9.17) is 0 Å². The van der Waals surface area contributed by atoms with E-state index >= 15 is 0 Å². The van der Waals surface area contributed by atoms with Crippen molar-refractivity contribution in [3.05, 3.63) is 0 Å². The molecule has 0 spiro atoms. The number of hydrogen-bond acceptors (Lipinski definition) is 0. The van der Waals surface area contributed by atoms with Crippen molar-refractivity contribution >= 4 is 0 Å². The molecule has 80 valence electrons. The predicted octanol–water partition coefficient (Wildman–Crippen LogP) is 4.25. The molecule has 0 saturated heterocycles. The molecule has 0 radical (unpaired) electrons. The molecule has 0 saturated carbocycles. The fraction of sp³-hybridized carbons (Fsp3) is 0.857. The second kappa shape index (κ2) is 4.87. The lowest BCUT2D eigenvalue weighted by atomic mass is 9.79. The van der Waals surface area contributed by atoms with E-state index in [1.807, 2.05) is 0 Å². The van der Waals surface area contributed by atoms with E-state index in [0.717, 1.165) is 12.3 Å². The highest BCUT2D eigenvalue weighted by Crippen LogP contribution is 2.32. The maximum atomic E-state index is 3.45. The standard InChI is InChI=1S/C14H24/c1-12(2)13-8-6-5-7-10-14(3,4)11-9-13/h12-13H,5,7,9-11H2,1-4H3. The van der Waals surface area contributed by atoms with Crippen molar-refractivity contribution in [3.8, 4) is 11.8 Å². The first-order valence-corrected chi connectivity index (χ1v) is 6.00. The highest BCUT2D eigenvalue weighted by atomic mass is 14.3. The van der Waals surface area contributed by atoms with Crippen molar-refractivity contribution in [1.29, 1.82) is 0 Å². The van der Waals surface area contributed by atoms with Gasteiger partial charge in [-0.15, -0.1) is 5.92 Å². The average molecular weight is 192 g/mol. The first-order valence-electron chi connectivity index (χ1n) is 6.00. The van der Waals surface area contributed by atoms with Gasteiger partial charge in [-0.3, -0.25) is 0 Å². The molecule has 14 heavy (non-hydrogen) atoms. The largest absolute Gasteiger partial charge is 0.103 e. The molecule has 1 aliphatic rings. The molecule has 0 bridgehead atoms. The van der Waals surface area contributed by atoms with E-state index in [2.05, 4.69) is 39.5 Å². The number of hydrogen-bond donors (Lipinski definition) is 0. The van der Waals surface area contributed by atoms with E-state index in [1.54, 1.807) is 0 Å². The van der Waals surface area contributed by atoms with Gasteiger partial charge in [-0.2, -0.15) is 0 Å². The fourth-order valence-electron chi connectivity index (χ4n) is 2.10. The van der Waals surface area contributed by atoms with Crippen molar-refractivity contribution in [2.45, 2.75) is 59.8 Å². The lowest BCUT2D eigenvalue weighted by Gasteiger charge is -2.26. The Kier molecular flexibility index (Phi) is 4.05. The van der Waals surface area contributed by atoms with E-state index < -0.39 is 0 Å². The Balaban J connectivity index is 2.61. The van der Waals surface area contributed by atoms with Gasteiger partial charge in [-0.05, 0) is 37.0 Å². The van der Waals surface area contributed by atoms with Crippen LogP contribution < -0.4 is 0 Å². The zero-order valence-electron chi connectivity index (χ0n) is 10.2. The van der Waals surface area contributed by atoms with Crippen LogP contribution in [0.1, 0.15) is 59.8 Å². The fourth-order valence-corrected chi connectivity index (χ4v) is 2.10. The molecule has 1 aliphatic carbocycles. The molecule has 0 N–H and O–H groups in total. The highest BCUT2D eigenvalue weighted by molar-refractivity contribution is 5.05. The summed E-state index contributed by atoms with van der Waals surface area (Å²) in [6.07, 6.45) is 6.35. The molecule has 0 aromatic carbocycles. The van der Waals surface area contributed by atoms with Gasteiger partial charge in [0.25, 0.3) is 0 Å². The molecular formula is C14H24. The molecule has 0 heteroatoms. The first-order chi connectivity index (χ1) is 6.51. The summed E-state index contributed by atoms with van der Waals surface area (Å²) >= 11 is 0. The second-order valence-electron chi connectivity index (χ2n) is 5.73. The molecule has 0 heterocycles. The van der Waals surface area contributed by atoms with E-state index in [0.29, 0.717) is 11.3 Å². The Morgan fingerprint density at radius 2 is 1.93 bits per heavy atom. The average Bonchev–Trinajstić information content (AvgIpc) is 2.15. The predicted molar refractivity (Wildman–Crippen MR) is 63.0 cm³/mol. The molecule has 0 aromatic heterocycles. The van der Waals surface area contributed by atoms with Gasteiger partial charge in [0.2, 0.25) is 0 Å². The van der Waals surface area contributed by atoms with Crippen LogP contribution in [0.3, 0.4) is 0 Å². The van der Waals surface area contributed by atoms with E-state index in [9.17, 15) is 0 Å². The maximum absolute atomic E-state index is 3.45. The second-order valence-corrected chi connectivity index (χ2v) is 5.73. The Morgan fingerprint density at radius 3 is 2.57 bits per heavy atom. The van der Waals surface area contributed by atoms with E-state index in [1.165, 1.54) is 25.7 Å². The van der Waals surface area contributed by atoms with Gasteiger partial charge in [-0.1, -0.05) is 33.6 Å². The summed E-state index contributed by atoms with van der Waals surface area (Å²) in [5.74, 6) is 8.15. The summed E-state index contributed by atoms with van der Waals surface area (Å²) in [6, 6.07) is 0. The minimum absolute atomic E-state index is 0.529. The minimum Gasteiger partial charge on any atom is -0.103 e. The van der Waals surface area contributed by atoms with Gasteiger partial charge in [0, 0.05) is 12.3 Å². The van der Waals surface area contributed by atoms with Gasteiger partial charge < -0.3 is 0 Å². The Labute approximate surface area is 89.5 Å². The van der Waals surface area contributed by atoms with Crippen molar-refractivity contribution in [3.63, 3.8) is 0 Å². The van der Waals surface area contributed by atoms with Crippen molar-refractivity contribution < 1.29 is 0 Å². The molecular weight excluding hydrogens is 168 g/mol. The van der Waals surface area contributed by atoms with Crippen LogP contribution in [-0.4, -0.2) is 0 Å². The summed E-state index contributed by atoms with van der Waals surface area (Å²) in [7, 11) is 0. The van der Waals surface area contributed by atoms with Crippen LogP contribution >= 0.6 is 0 Å². The monoisotopic (exact) mass is 192 g/mol. The van der Waals surface area contributed by atoms with Gasteiger partial charge in [0.05, 0.1) is 0 Å². The maximum Gasteiger partial charge on any atom is 0.0226 e. The van der Waals surface area contributed by atoms with Crippen LogP contribution in [0.4, 0.5) is 0 Å². The minimum atomic E-state index is 0.529. The Hall–Kier alpha value is -0.440. The van der Waals surface area contributed by atoms with Gasteiger partial charge in [0.15, 0.2) is 0 Å². The van der Waals surface area contributed by atoms with E-state index in [-0.39, 0.29) is 0 Å². The summed E-state index contributed by atoms with van der Waals surface area (Å²) in [5.41, 5.74) is 0.529. The lowest BCUT2D eigenvalue weighted by molar-refractivity contribution is 0.268. The highest BCUT2D eigenvalue weighted by Gasteiger charge is 2.21. The van der Waals surface area contributed by atoms with Crippen LogP contribution in [0.5, 0.6) is 0 Å². The van der Waals surface area contributed by atoms with Crippen molar-refractivity contribution in [2.75, 3.05) is 0 Å². The SMILES string of the molecule is CC(C)C1C#CCCCC(C)(C)CC1. The van der Waals surface area contributed by atoms with Gasteiger partial charge >= 0.3 is 0 Å². The molecule has 0 aromatic rings. The van der Waals surface area contributed by atoms with Crippen molar-refractivity contribution in [1.82, 2.24) is 0 Å². The smallest absolute Gasteiger partial charge is 0.0226 e. The molecule has 1 atom stereocenters. The first kappa shape index (κ1) is 11.6. The third kappa shape index (κ3) is 3.74. The third-order valence-corrected chi connectivity index (χ3v) is 3.38. The number of rotatable bonds is 1. The summed E-state index contributed by atoms with van der Waals surface area (Å²) in [5, 5.41) is 0. The van der Waals surface area contributed by atoms with Crippen LogP contribution in [-0.2, 0) is 0 Å². The normalized spacial score (nSPS) is 27.1.